The van der Waals surface area contributed by atoms with Gasteiger partial charge in [0.25, 0.3) is 5.56 Å². The SMILES string of the molecule is CC(C)C(NC(=O)OC(C)(C)C)C(=O)OCCOC(=O)c1ccc2ccc(-c3cnc4[nH]c5c(N(C)C(=O)OC(C)(C)C)cc(F)c(F)c5c4c3N3CC[C@H]4CN(C)C[C@H]43)cn2c1=O. The lowest BCUT2D eigenvalue weighted by molar-refractivity contribution is -0.148. The number of benzene rings is 1. The molecule has 2 fully saturated rings. The van der Waals surface area contributed by atoms with Gasteiger partial charge in [-0.2, -0.15) is 0 Å². The van der Waals surface area contributed by atoms with Gasteiger partial charge in [0.05, 0.1) is 27.7 Å². The predicted molar refractivity (Wildman–Crippen MR) is 237 cm³/mol. The van der Waals surface area contributed by atoms with Gasteiger partial charge in [0.1, 0.15) is 41.7 Å². The highest BCUT2D eigenvalue weighted by Gasteiger charge is 2.42. The first kappa shape index (κ1) is 45.7. The lowest BCUT2D eigenvalue weighted by Gasteiger charge is -2.29. The molecule has 0 radical (unpaired) electrons. The van der Waals surface area contributed by atoms with Gasteiger partial charge in [-0.15, -0.1) is 0 Å². The topological polar surface area (TPSA) is 177 Å². The molecular formula is C46H55F2N7O9. The summed E-state index contributed by atoms with van der Waals surface area (Å²) in [6, 6.07) is 6.38. The molecule has 3 atom stereocenters. The molecule has 5 aromatic rings. The number of hydrogen-bond donors (Lipinski definition) is 2. The molecule has 0 bridgehead atoms. The summed E-state index contributed by atoms with van der Waals surface area (Å²) in [5.74, 6) is -4.02. The first-order valence-electron chi connectivity index (χ1n) is 21.3. The number of pyridine rings is 3. The van der Waals surface area contributed by atoms with Gasteiger partial charge in [-0.25, -0.2) is 32.9 Å². The number of ether oxygens (including phenoxy) is 4. The Labute approximate surface area is 368 Å². The van der Waals surface area contributed by atoms with E-state index in [9.17, 15) is 24.0 Å². The number of aromatic amines is 1. The zero-order valence-corrected chi connectivity index (χ0v) is 37.8. The number of nitrogens with one attached hydrogen (secondary N) is 2. The molecule has 18 heteroatoms. The summed E-state index contributed by atoms with van der Waals surface area (Å²) >= 11 is 0. The molecule has 64 heavy (non-hydrogen) atoms. The molecule has 1 unspecified atom stereocenters. The van der Waals surface area contributed by atoms with E-state index in [0.29, 0.717) is 40.2 Å². The number of likely N-dealkylation sites (N-methyl/N-ethyl adjacent to an activating group) is 1. The fourth-order valence-electron chi connectivity index (χ4n) is 8.46. The maximum absolute atomic E-state index is 16.4. The van der Waals surface area contributed by atoms with E-state index in [2.05, 4.69) is 20.1 Å². The third-order valence-corrected chi connectivity index (χ3v) is 11.3. The number of halogens is 2. The van der Waals surface area contributed by atoms with Crippen LogP contribution in [0.4, 0.5) is 29.7 Å². The molecule has 7 rings (SSSR count). The van der Waals surface area contributed by atoms with Gasteiger partial charge in [0, 0.05) is 67.8 Å². The van der Waals surface area contributed by atoms with Gasteiger partial charge in [0.2, 0.25) is 0 Å². The van der Waals surface area contributed by atoms with Crippen LogP contribution in [-0.2, 0) is 23.7 Å². The predicted octanol–water partition coefficient (Wildman–Crippen LogP) is 7.04. The number of fused-ring (bicyclic) bond motifs is 5. The summed E-state index contributed by atoms with van der Waals surface area (Å²) < 4.78 is 54.9. The van der Waals surface area contributed by atoms with E-state index in [1.807, 2.05) is 7.05 Å². The highest BCUT2D eigenvalue weighted by Crippen LogP contribution is 2.47. The highest BCUT2D eigenvalue weighted by molar-refractivity contribution is 6.19. The molecule has 4 aromatic heterocycles. The van der Waals surface area contributed by atoms with Gasteiger partial charge in [-0.1, -0.05) is 19.9 Å². The van der Waals surface area contributed by atoms with Crippen molar-refractivity contribution in [2.45, 2.75) is 85.1 Å². The van der Waals surface area contributed by atoms with Crippen LogP contribution in [0, 0.1) is 23.5 Å². The number of aromatic nitrogens is 3. The van der Waals surface area contributed by atoms with Crippen LogP contribution in [0.3, 0.4) is 0 Å². The van der Waals surface area contributed by atoms with Crippen molar-refractivity contribution < 1.29 is 46.9 Å². The van der Waals surface area contributed by atoms with Gasteiger partial charge in [0.15, 0.2) is 11.6 Å². The van der Waals surface area contributed by atoms with E-state index < -0.39 is 58.6 Å². The third kappa shape index (κ3) is 9.19. The fraction of sp³-hybridized carbons (Fsp3) is 0.478. The van der Waals surface area contributed by atoms with Crippen molar-refractivity contribution in [1.82, 2.24) is 24.6 Å². The molecule has 0 spiro atoms. The molecule has 1 aromatic carbocycles. The second kappa shape index (κ2) is 17.3. The Morgan fingerprint density at radius 3 is 2.34 bits per heavy atom. The zero-order chi connectivity index (χ0) is 46.6. The second-order valence-electron chi connectivity index (χ2n) is 18.8. The summed E-state index contributed by atoms with van der Waals surface area (Å²) in [6.45, 7) is 15.1. The van der Waals surface area contributed by atoms with Crippen LogP contribution in [0.25, 0.3) is 38.6 Å². The van der Waals surface area contributed by atoms with Crippen molar-refractivity contribution in [1.29, 1.82) is 0 Å². The number of H-pyrrole nitrogens is 1. The Morgan fingerprint density at radius 2 is 1.66 bits per heavy atom. The second-order valence-corrected chi connectivity index (χ2v) is 18.8. The van der Waals surface area contributed by atoms with Crippen LogP contribution in [0.1, 0.15) is 72.2 Å². The van der Waals surface area contributed by atoms with Gasteiger partial charge in [-0.05, 0) is 85.0 Å². The maximum Gasteiger partial charge on any atom is 0.414 e. The Bertz CT molecular complexity index is 2720. The minimum atomic E-state index is -1.17. The van der Waals surface area contributed by atoms with Crippen LogP contribution in [-0.4, -0.2) is 114 Å². The number of likely N-dealkylation sites (tertiary alicyclic amines) is 1. The lowest BCUT2D eigenvalue weighted by Crippen LogP contribution is -2.47. The van der Waals surface area contributed by atoms with Crippen molar-refractivity contribution in [2.75, 3.05) is 56.7 Å². The normalized spacial score (nSPS) is 17.2. The molecule has 0 saturated carbocycles. The number of alkyl carbamates (subject to hydrolysis) is 1. The number of hydrogen-bond acceptors (Lipinski definition) is 12. The Kier molecular flexibility index (Phi) is 12.4. The van der Waals surface area contributed by atoms with Crippen molar-refractivity contribution in [2.24, 2.45) is 11.8 Å². The molecule has 2 aliphatic heterocycles. The number of rotatable bonds is 10. The van der Waals surface area contributed by atoms with E-state index in [1.54, 1.807) is 86.0 Å². The average Bonchev–Trinajstić information content (AvgIpc) is 3.90. The van der Waals surface area contributed by atoms with Gasteiger partial charge < -0.3 is 39.0 Å². The molecule has 342 valence electrons. The van der Waals surface area contributed by atoms with Crippen LogP contribution in [0.2, 0.25) is 0 Å². The molecule has 16 nitrogen and oxygen atoms in total. The number of carbonyl (C=O) groups excluding carboxylic acids is 4. The third-order valence-electron chi connectivity index (χ3n) is 11.3. The number of esters is 2. The van der Waals surface area contributed by atoms with E-state index in [1.165, 1.54) is 17.5 Å². The number of carbonyl (C=O) groups is 4. The smallest absolute Gasteiger partial charge is 0.414 e. The van der Waals surface area contributed by atoms with Crippen molar-refractivity contribution in [3.05, 3.63) is 70.3 Å². The summed E-state index contributed by atoms with van der Waals surface area (Å²) in [5, 5.41) is 2.73. The summed E-state index contributed by atoms with van der Waals surface area (Å²) in [4.78, 5) is 79.1. The minimum absolute atomic E-state index is 0.0288. The lowest BCUT2D eigenvalue weighted by atomic mass is 10.00. The minimum Gasteiger partial charge on any atom is -0.461 e. The Morgan fingerprint density at radius 1 is 0.969 bits per heavy atom. The average molecular weight is 888 g/mol. The van der Waals surface area contributed by atoms with E-state index in [0.717, 1.165) is 30.5 Å². The highest BCUT2D eigenvalue weighted by atomic mass is 19.2. The first-order valence-corrected chi connectivity index (χ1v) is 21.3. The summed E-state index contributed by atoms with van der Waals surface area (Å²) in [7, 11) is 3.46. The van der Waals surface area contributed by atoms with E-state index in [4.69, 9.17) is 23.9 Å². The van der Waals surface area contributed by atoms with E-state index in [-0.39, 0.29) is 53.0 Å². The largest absolute Gasteiger partial charge is 0.461 e. The Balaban J connectivity index is 1.23. The maximum atomic E-state index is 16.4. The van der Waals surface area contributed by atoms with Crippen LogP contribution in [0.5, 0.6) is 0 Å². The standard InChI is InChI=1S/C46H55F2N7O9/c1-24(2)36(51-43(59)63-45(3,4)5)42(58)62-18-17-61-41(57)28-14-13-27-12-11-25(22-55(27)40(28)56)29-20-49-39-34(38(29)54-16-15-26-21-52(9)23-32(26)54)33-35(48)30(47)19-31(37(33)50-39)53(10)44(60)64-46(6,7)8/h11-14,19-20,22,24,26,32,36H,15-18,21,23H2,1-10H3,(H,49,50)(H,51,59)/t26-,32+,36?/m0/s1. The molecule has 2 aliphatic rings. The Hall–Kier alpha value is -6.30. The monoisotopic (exact) mass is 887 g/mol. The summed E-state index contributed by atoms with van der Waals surface area (Å²) in [5.41, 5.74) is -0.0668. The zero-order valence-electron chi connectivity index (χ0n) is 37.8. The number of anilines is 2. The van der Waals surface area contributed by atoms with Gasteiger partial charge >= 0.3 is 24.1 Å². The van der Waals surface area contributed by atoms with Crippen LogP contribution in [0.15, 0.2) is 47.5 Å². The van der Waals surface area contributed by atoms with Crippen LogP contribution >= 0.6 is 0 Å². The van der Waals surface area contributed by atoms with E-state index >= 15 is 8.78 Å². The van der Waals surface area contributed by atoms with Crippen LogP contribution < -0.4 is 20.7 Å². The molecule has 0 aliphatic carbocycles. The molecule has 2 saturated heterocycles. The number of nitrogens with zero attached hydrogens (tertiary/aromatic N) is 5. The summed E-state index contributed by atoms with van der Waals surface area (Å²) in [6.07, 6.45) is 2.49. The first-order chi connectivity index (χ1) is 30.0. The van der Waals surface area contributed by atoms with Crippen molar-refractivity contribution >= 4 is 63.0 Å². The van der Waals surface area contributed by atoms with Crippen molar-refractivity contribution in [3.8, 4) is 11.1 Å². The number of amides is 2. The fourth-order valence-corrected chi connectivity index (χ4v) is 8.46. The van der Waals surface area contributed by atoms with Gasteiger partial charge in [-0.3, -0.25) is 14.1 Å². The molecular weight excluding hydrogens is 833 g/mol. The van der Waals surface area contributed by atoms with Crippen molar-refractivity contribution in [3.63, 3.8) is 0 Å². The molecule has 6 heterocycles. The molecule has 2 amide bonds. The molecule has 2 N–H and O–H groups in total. The quantitative estimate of drug-likeness (QED) is 0.0833.